The molecule has 1 heterocycles. The first-order valence-electron chi connectivity index (χ1n) is 9.32. The molecule has 0 aliphatic heterocycles. The summed E-state index contributed by atoms with van der Waals surface area (Å²) < 4.78 is 25.0. The maximum Gasteiger partial charge on any atom is 0.260 e. The van der Waals surface area contributed by atoms with Crippen molar-refractivity contribution in [1.29, 1.82) is 0 Å². The number of rotatable bonds is 8. The summed E-state index contributed by atoms with van der Waals surface area (Å²) in [5.74, 6) is 0.709. The summed E-state index contributed by atoms with van der Waals surface area (Å²) in [5, 5.41) is 0.561. The molecule has 0 unspecified atom stereocenters. The molecule has 29 heavy (non-hydrogen) atoms. The molecule has 8 heteroatoms. The second-order valence-electron chi connectivity index (χ2n) is 6.92. The number of hydrogen-bond donors (Lipinski definition) is 1. The number of benzene rings is 2. The third-order valence-electron chi connectivity index (χ3n) is 4.52. The quantitative estimate of drug-likeness (QED) is 0.611. The van der Waals surface area contributed by atoms with Crippen LogP contribution in [0, 0.1) is 5.82 Å². The molecule has 0 aliphatic carbocycles. The SMILES string of the molecule is COc1ccc(OC)c2sc(N(CCC[NH+](C)C)C(=O)c3ccc(F)cc3)nc12. The molecule has 0 bridgehead atoms. The summed E-state index contributed by atoms with van der Waals surface area (Å²) in [6.45, 7) is 1.41. The number of quaternary nitrogens is 1. The Bertz CT molecular complexity index is 948. The van der Waals surface area contributed by atoms with Gasteiger partial charge in [-0.2, -0.15) is 0 Å². The third kappa shape index (κ3) is 4.65. The van der Waals surface area contributed by atoms with Crippen molar-refractivity contribution in [3.8, 4) is 11.5 Å². The highest BCUT2D eigenvalue weighted by Gasteiger charge is 2.23. The van der Waals surface area contributed by atoms with E-state index in [1.807, 2.05) is 6.07 Å². The fourth-order valence-corrected chi connectivity index (χ4v) is 4.11. The molecule has 0 spiro atoms. The van der Waals surface area contributed by atoms with Crippen molar-refractivity contribution in [1.82, 2.24) is 4.98 Å². The minimum Gasteiger partial charge on any atom is -0.495 e. The average molecular weight is 419 g/mol. The first kappa shape index (κ1) is 21.0. The Labute approximate surface area is 173 Å². The number of carbonyl (C=O) groups is 1. The summed E-state index contributed by atoms with van der Waals surface area (Å²) in [7, 11) is 7.32. The highest BCUT2D eigenvalue weighted by atomic mass is 32.1. The predicted molar refractivity (Wildman–Crippen MR) is 113 cm³/mol. The molecule has 1 amide bonds. The molecule has 154 valence electrons. The van der Waals surface area contributed by atoms with Gasteiger partial charge in [0.2, 0.25) is 0 Å². The van der Waals surface area contributed by atoms with E-state index in [4.69, 9.17) is 14.5 Å². The van der Waals surface area contributed by atoms with Crippen LogP contribution in [0.25, 0.3) is 10.2 Å². The molecule has 3 rings (SSSR count). The number of carbonyl (C=O) groups excluding carboxylic acids is 1. The lowest BCUT2D eigenvalue weighted by Gasteiger charge is -2.20. The Morgan fingerprint density at radius 1 is 1.10 bits per heavy atom. The molecule has 0 atom stereocenters. The van der Waals surface area contributed by atoms with Gasteiger partial charge in [0, 0.05) is 18.5 Å². The van der Waals surface area contributed by atoms with Crippen molar-refractivity contribution in [2.45, 2.75) is 6.42 Å². The number of ether oxygens (including phenoxy) is 2. The largest absolute Gasteiger partial charge is 0.495 e. The molecule has 0 saturated carbocycles. The number of hydrogen-bond acceptors (Lipinski definition) is 5. The van der Waals surface area contributed by atoms with Crippen LogP contribution < -0.4 is 19.3 Å². The van der Waals surface area contributed by atoms with Gasteiger partial charge in [-0.1, -0.05) is 11.3 Å². The topological polar surface area (TPSA) is 56.1 Å². The number of thiazole rings is 1. The number of aromatic nitrogens is 1. The Balaban J connectivity index is 2.02. The van der Waals surface area contributed by atoms with Crippen LogP contribution in [-0.2, 0) is 0 Å². The van der Waals surface area contributed by atoms with E-state index in [0.29, 0.717) is 34.3 Å². The monoisotopic (exact) mass is 418 g/mol. The van der Waals surface area contributed by atoms with E-state index < -0.39 is 0 Å². The average Bonchev–Trinajstić information content (AvgIpc) is 3.15. The van der Waals surface area contributed by atoms with Crippen molar-refractivity contribution in [2.75, 3.05) is 46.3 Å². The van der Waals surface area contributed by atoms with Crippen LogP contribution in [0.2, 0.25) is 0 Å². The molecule has 0 fully saturated rings. The zero-order chi connectivity index (χ0) is 21.0. The second kappa shape index (κ2) is 9.19. The van der Waals surface area contributed by atoms with Crippen LogP contribution in [0.4, 0.5) is 9.52 Å². The van der Waals surface area contributed by atoms with Gasteiger partial charge in [0.05, 0.1) is 34.9 Å². The number of halogens is 1. The van der Waals surface area contributed by atoms with Crippen LogP contribution >= 0.6 is 11.3 Å². The summed E-state index contributed by atoms with van der Waals surface area (Å²) in [6, 6.07) is 9.20. The number of nitrogens with one attached hydrogen (secondary N) is 1. The van der Waals surface area contributed by atoms with E-state index in [1.165, 1.54) is 40.5 Å². The first-order valence-corrected chi connectivity index (χ1v) is 10.1. The molecule has 6 nitrogen and oxygen atoms in total. The number of nitrogens with zero attached hydrogens (tertiary/aromatic N) is 2. The van der Waals surface area contributed by atoms with Gasteiger partial charge in [0.15, 0.2) is 5.13 Å². The van der Waals surface area contributed by atoms with Gasteiger partial charge < -0.3 is 14.4 Å². The van der Waals surface area contributed by atoms with Gasteiger partial charge >= 0.3 is 0 Å². The van der Waals surface area contributed by atoms with Crippen molar-refractivity contribution in [2.24, 2.45) is 0 Å². The van der Waals surface area contributed by atoms with E-state index in [2.05, 4.69) is 14.1 Å². The van der Waals surface area contributed by atoms with Gasteiger partial charge in [-0.3, -0.25) is 9.69 Å². The van der Waals surface area contributed by atoms with Crippen molar-refractivity contribution < 1.29 is 23.6 Å². The number of amides is 1. The normalized spacial score (nSPS) is 11.1. The number of fused-ring (bicyclic) bond motifs is 1. The van der Waals surface area contributed by atoms with Gasteiger partial charge in [-0.15, -0.1) is 0 Å². The zero-order valence-electron chi connectivity index (χ0n) is 17.0. The summed E-state index contributed by atoms with van der Waals surface area (Å²) in [6.07, 6.45) is 0.805. The lowest BCUT2D eigenvalue weighted by molar-refractivity contribution is -0.858. The molecule has 1 N–H and O–H groups in total. The lowest BCUT2D eigenvalue weighted by Crippen LogP contribution is -3.05. The lowest BCUT2D eigenvalue weighted by atomic mass is 10.2. The molecule has 0 aliphatic rings. The van der Waals surface area contributed by atoms with Gasteiger partial charge in [0.1, 0.15) is 27.5 Å². The Hall–Kier alpha value is -2.71. The second-order valence-corrected chi connectivity index (χ2v) is 7.90. The van der Waals surface area contributed by atoms with E-state index in [0.717, 1.165) is 17.7 Å². The van der Waals surface area contributed by atoms with Gasteiger partial charge in [0.25, 0.3) is 5.91 Å². The minimum atomic E-state index is -0.376. The molecular weight excluding hydrogens is 393 g/mol. The van der Waals surface area contributed by atoms with Gasteiger partial charge in [-0.25, -0.2) is 9.37 Å². The smallest absolute Gasteiger partial charge is 0.260 e. The fraction of sp³-hybridized carbons (Fsp3) is 0.333. The number of methoxy groups -OCH3 is 2. The van der Waals surface area contributed by atoms with E-state index in [-0.39, 0.29) is 11.7 Å². The van der Waals surface area contributed by atoms with Crippen LogP contribution in [0.3, 0.4) is 0 Å². The standard InChI is InChI=1S/C21H24FN3O3S/c1-24(2)12-5-13-25(20(26)14-6-8-15(22)9-7-14)21-23-18-16(27-3)10-11-17(28-4)19(18)29-21/h6-11H,5,12-13H2,1-4H3/p+1. The van der Waals surface area contributed by atoms with Crippen LogP contribution in [0.15, 0.2) is 36.4 Å². The fourth-order valence-electron chi connectivity index (χ4n) is 3.01. The van der Waals surface area contributed by atoms with E-state index >= 15 is 0 Å². The Morgan fingerprint density at radius 3 is 2.38 bits per heavy atom. The summed E-state index contributed by atoms with van der Waals surface area (Å²) in [4.78, 5) is 20.9. The zero-order valence-corrected chi connectivity index (χ0v) is 17.8. The molecule has 3 aromatic rings. The highest BCUT2D eigenvalue weighted by Crippen LogP contribution is 2.40. The Kier molecular flexibility index (Phi) is 6.66. The van der Waals surface area contributed by atoms with Crippen LogP contribution in [0.5, 0.6) is 11.5 Å². The number of anilines is 1. The third-order valence-corrected chi connectivity index (χ3v) is 5.62. The van der Waals surface area contributed by atoms with Crippen molar-refractivity contribution >= 4 is 32.6 Å². The molecule has 1 aromatic heterocycles. The maximum absolute atomic E-state index is 13.3. The van der Waals surface area contributed by atoms with E-state index in [1.54, 1.807) is 25.2 Å². The molecule has 0 saturated heterocycles. The van der Waals surface area contributed by atoms with Crippen LogP contribution in [0.1, 0.15) is 16.8 Å². The minimum absolute atomic E-state index is 0.212. The summed E-state index contributed by atoms with van der Waals surface area (Å²) >= 11 is 1.38. The summed E-state index contributed by atoms with van der Waals surface area (Å²) in [5.41, 5.74) is 1.07. The van der Waals surface area contributed by atoms with Gasteiger partial charge in [-0.05, 0) is 36.4 Å². The Morgan fingerprint density at radius 2 is 1.76 bits per heavy atom. The maximum atomic E-state index is 13.3. The first-order chi connectivity index (χ1) is 13.9. The molecule has 2 aromatic carbocycles. The van der Waals surface area contributed by atoms with Crippen molar-refractivity contribution in [3.63, 3.8) is 0 Å². The molecule has 0 radical (unpaired) electrons. The van der Waals surface area contributed by atoms with Crippen molar-refractivity contribution in [3.05, 3.63) is 47.8 Å². The van der Waals surface area contributed by atoms with E-state index in [9.17, 15) is 9.18 Å². The molecular formula is C21H25FN3O3S+. The highest BCUT2D eigenvalue weighted by molar-refractivity contribution is 7.22. The van der Waals surface area contributed by atoms with Crippen LogP contribution in [-0.4, -0.2) is 52.3 Å². The predicted octanol–water partition coefficient (Wildman–Crippen LogP) is 2.63.